The molecule has 1 aliphatic heterocycles. The molecule has 274 valence electrons. The smallest absolute Gasteiger partial charge is 0.430 e. The van der Waals surface area contributed by atoms with Crippen LogP contribution in [-0.4, -0.2) is 75.7 Å². The van der Waals surface area contributed by atoms with Crippen molar-refractivity contribution < 1.29 is 53.1 Å². The zero-order valence-corrected chi connectivity index (χ0v) is 28.9. The highest BCUT2D eigenvalue weighted by atomic mass is 32.2. The number of nitrogens with one attached hydrogen (secondary N) is 2. The Balaban J connectivity index is 0.000000908. The van der Waals surface area contributed by atoms with Crippen LogP contribution in [0.15, 0.2) is 89.8 Å². The average molecular weight is 731 g/mol. The van der Waals surface area contributed by atoms with Gasteiger partial charge in [-0.25, -0.2) is 0 Å². The van der Waals surface area contributed by atoms with Gasteiger partial charge < -0.3 is 36.3 Å². The lowest BCUT2D eigenvalue weighted by Gasteiger charge is -2.29. The van der Waals surface area contributed by atoms with Crippen LogP contribution in [0.3, 0.4) is 0 Å². The van der Waals surface area contributed by atoms with Gasteiger partial charge in [0.1, 0.15) is 29.2 Å². The Kier molecular flexibility index (Phi) is 15.0. The zero-order valence-electron chi connectivity index (χ0n) is 28.1. The Labute approximate surface area is 297 Å². The minimum atomic E-state index is -5.19. The summed E-state index contributed by atoms with van der Waals surface area (Å²) in [5.41, 5.74) is 5.55. The summed E-state index contributed by atoms with van der Waals surface area (Å²) in [4.78, 5) is 65.3. The lowest BCUT2D eigenvalue weighted by atomic mass is 10.0. The predicted octanol–water partition coefficient (Wildman–Crippen LogP) is 2.02. The summed E-state index contributed by atoms with van der Waals surface area (Å²) in [6.45, 7) is 4.26. The fraction of sp³-hybridized carbons (Fsp3) is 0.361. The van der Waals surface area contributed by atoms with Crippen molar-refractivity contribution in [3.8, 4) is 5.75 Å². The molecule has 1 saturated heterocycles. The van der Waals surface area contributed by atoms with Gasteiger partial charge in [0.05, 0.1) is 0 Å². The number of carboxylic acid groups (broad SMARTS) is 1. The molecule has 0 radical (unpaired) electrons. The molecule has 0 spiro atoms. The number of likely N-dealkylation sites (tertiary alicyclic amines) is 1. The molecule has 1 heterocycles. The van der Waals surface area contributed by atoms with E-state index < -0.39 is 41.6 Å². The van der Waals surface area contributed by atoms with Gasteiger partial charge in [0, 0.05) is 37.1 Å². The van der Waals surface area contributed by atoms with Crippen molar-refractivity contribution in [2.75, 3.05) is 6.54 Å². The van der Waals surface area contributed by atoms with Gasteiger partial charge in [-0.15, -0.1) is 0 Å². The first-order chi connectivity index (χ1) is 24.0. The second-order valence-corrected chi connectivity index (χ2v) is 13.5. The molecule has 0 aromatic heterocycles. The standard InChI is InChI=1S/C34H40N4O5S.C2HF3O2/c1-22(2)19-27(35)31(41)36-28(20-24-13-15-25(39)16-14-24)32(42)37-29(21-23-9-5-3-6-10-23)33(43)38-18-17-30(40)34(38)44-26-11-7-4-8-12-26;3-2(4,5)1(6)7/h3-16,22,27-29,34,39H,17-21,35H2,1-2H3,(H,36,41)(H,37,42);(H,6,7)/t27-,28-,29-,34?;/m0./s1. The van der Waals surface area contributed by atoms with Crippen LogP contribution in [0.1, 0.15) is 37.8 Å². The maximum absolute atomic E-state index is 14.1. The molecule has 3 amide bonds. The molecule has 11 nitrogen and oxygen atoms in total. The molecule has 4 atom stereocenters. The topological polar surface area (TPSA) is 184 Å². The number of thioether (sulfide) groups is 1. The van der Waals surface area contributed by atoms with Crippen molar-refractivity contribution in [1.82, 2.24) is 15.5 Å². The minimum absolute atomic E-state index is 0.0406. The van der Waals surface area contributed by atoms with Crippen molar-refractivity contribution in [3.63, 3.8) is 0 Å². The molecule has 3 aromatic carbocycles. The number of carbonyl (C=O) groups excluding carboxylic acids is 5. The number of carboxylic acids is 1. The molecule has 0 saturated carbocycles. The van der Waals surface area contributed by atoms with Crippen molar-refractivity contribution in [3.05, 3.63) is 96.1 Å². The van der Waals surface area contributed by atoms with E-state index in [4.69, 9.17) is 9.90 Å². The van der Waals surface area contributed by atoms with Crippen molar-refractivity contribution in [1.29, 1.82) is 0 Å². The third-order valence-corrected chi connectivity index (χ3v) is 8.98. The van der Waals surface area contributed by atoms with Crippen molar-refractivity contribution in [2.45, 2.75) is 74.1 Å². The van der Waals surface area contributed by atoms with E-state index in [0.717, 1.165) is 16.0 Å². The Hall–Kier alpha value is -4.89. The van der Waals surface area contributed by atoms with Gasteiger partial charge in [-0.05, 0) is 41.3 Å². The number of quaternary nitrogens is 1. The fourth-order valence-electron chi connectivity index (χ4n) is 5.19. The maximum Gasteiger partial charge on any atom is 0.430 e. The van der Waals surface area contributed by atoms with E-state index in [2.05, 4.69) is 16.4 Å². The number of carbonyl (C=O) groups is 5. The van der Waals surface area contributed by atoms with Crippen molar-refractivity contribution >= 4 is 41.2 Å². The number of aromatic hydroxyl groups is 1. The van der Waals surface area contributed by atoms with E-state index in [1.807, 2.05) is 74.5 Å². The highest BCUT2D eigenvalue weighted by molar-refractivity contribution is 8.00. The summed E-state index contributed by atoms with van der Waals surface area (Å²) in [7, 11) is 0. The van der Waals surface area contributed by atoms with Crippen LogP contribution in [0.4, 0.5) is 13.2 Å². The number of nitrogens with zero attached hydrogens (tertiary/aromatic N) is 1. The molecular formula is C36H41F3N4O7S. The lowest BCUT2D eigenvalue weighted by molar-refractivity contribution is -0.406. The van der Waals surface area contributed by atoms with E-state index in [1.165, 1.54) is 23.9 Å². The van der Waals surface area contributed by atoms with Crippen LogP contribution < -0.4 is 21.5 Å². The number of phenolic OH excluding ortho intramolecular Hbond substituents is 1. The van der Waals surface area contributed by atoms with E-state index in [9.17, 15) is 37.5 Å². The Morgan fingerprint density at radius 3 is 1.94 bits per heavy atom. The van der Waals surface area contributed by atoms with Crippen LogP contribution in [0, 0.1) is 5.92 Å². The number of phenols is 1. The number of alkyl halides is 3. The molecule has 1 aliphatic rings. The van der Waals surface area contributed by atoms with Gasteiger partial charge in [0.15, 0.2) is 11.8 Å². The number of ketones is 1. The van der Waals surface area contributed by atoms with Crippen molar-refractivity contribution in [2.24, 2.45) is 5.92 Å². The number of hydrogen-bond donors (Lipinski definition) is 4. The number of rotatable bonds is 13. The van der Waals surface area contributed by atoms with Gasteiger partial charge in [-0.1, -0.05) is 86.3 Å². The highest BCUT2D eigenvalue weighted by Gasteiger charge is 2.40. The van der Waals surface area contributed by atoms with Crippen LogP contribution in [-0.2, 0) is 36.8 Å². The minimum Gasteiger partial charge on any atom is -0.542 e. The molecule has 15 heteroatoms. The van der Waals surface area contributed by atoms with Gasteiger partial charge in [0.2, 0.25) is 11.8 Å². The zero-order chi connectivity index (χ0) is 37.7. The van der Waals surface area contributed by atoms with Crippen LogP contribution in [0.5, 0.6) is 5.75 Å². The molecular weight excluding hydrogens is 689 g/mol. The molecule has 1 fully saturated rings. The third-order valence-electron chi connectivity index (χ3n) is 7.70. The summed E-state index contributed by atoms with van der Waals surface area (Å²) < 4.78 is 31.5. The summed E-state index contributed by atoms with van der Waals surface area (Å²) in [6.07, 6.45) is -4.04. The Bertz CT molecular complexity index is 1630. The average Bonchev–Trinajstić information content (AvgIpc) is 3.44. The number of hydrogen-bond acceptors (Lipinski definition) is 8. The lowest BCUT2D eigenvalue weighted by Crippen LogP contribution is -2.69. The Morgan fingerprint density at radius 2 is 1.39 bits per heavy atom. The van der Waals surface area contributed by atoms with E-state index in [0.29, 0.717) is 6.42 Å². The van der Waals surface area contributed by atoms with Gasteiger partial charge >= 0.3 is 6.18 Å². The van der Waals surface area contributed by atoms with Gasteiger partial charge in [-0.2, -0.15) is 13.2 Å². The first-order valence-electron chi connectivity index (χ1n) is 16.1. The quantitative estimate of drug-likeness (QED) is 0.206. The Morgan fingerprint density at radius 1 is 0.882 bits per heavy atom. The van der Waals surface area contributed by atoms with E-state index >= 15 is 0 Å². The summed E-state index contributed by atoms with van der Waals surface area (Å²) in [5, 5.41) is 23.6. The number of aliphatic carboxylic acids is 1. The summed E-state index contributed by atoms with van der Waals surface area (Å²) >= 11 is 1.32. The normalized spacial score (nSPS) is 16.0. The summed E-state index contributed by atoms with van der Waals surface area (Å²) in [6, 6.07) is 22.7. The third kappa shape index (κ3) is 13.1. The first kappa shape index (κ1) is 40.5. The molecule has 4 rings (SSSR count). The first-order valence-corrected chi connectivity index (χ1v) is 17.0. The maximum atomic E-state index is 14.1. The van der Waals surface area contributed by atoms with E-state index in [-0.39, 0.29) is 55.1 Å². The second kappa shape index (κ2) is 18.9. The fourth-order valence-corrected chi connectivity index (χ4v) is 6.35. The predicted molar refractivity (Wildman–Crippen MR) is 180 cm³/mol. The van der Waals surface area contributed by atoms with Gasteiger partial charge in [-0.3, -0.25) is 19.2 Å². The summed E-state index contributed by atoms with van der Waals surface area (Å²) in [5.74, 6) is -3.95. The monoisotopic (exact) mass is 730 g/mol. The van der Waals surface area contributed by atoms with Gasteiger partial charge in [0.25, 0.3) is 5.91 Å². The van der Waals surface area contributed by atoms with E-state index in [1.54, 1.807) is 17.0 Å². The number of Topliss-reactive ketones (excluding diaryl/α,β-unsaturated/α-hetero) is 1. The molecule has 0 aliphatic carbocycles. The number of amides is 3. The van der Waals surface area contributed by atoms with Crippen LogP contribution >= 0.6 is 11.8 Å². The van der Waals surface area contributed by atoms with Crippen LogP contribution in [0.2, 0.25) is 0 Å². The second-order valence-electron chi connectivity index (χ2n) is 12.3. The number of benzene rings is 3. The number of halogens is 3. The largest absolute Gasteiger partial charge is 0.542 e. The van der Waals surface area contributed by atoms with Crippen LogP contribution in [0.25, 0.3) is 0 Å². The molecule has 6 N–H and O–H groups in total. The SMILES string of the molecule is CC(C)C[C@H]([NH3+])C(=O)N[C@@H](Cc1ccc(O)cc1)C(=O)N[C@@H](Cc1ccccc1)C(=O)N1CCC(=O)C1Sc1ccccc1.O=C([O-])C(F)(F)F. The molecule has 1 unspecified atom stereocenters. The molecule has 51 heavy (non-hydrogen) atoms. The molecule has 0 bridgehead atoms. The highest BCUT2D eigenvalue weighted by Crippen LogP contribution is 2.31. The molecule has 3 aromatic rings.